The lowest BCUT2D eigenvalue weighted by molar-refractivity contribution is -0.106. The van der Waals surface area contributed by atoms with E-state index >= 15 is 0 Å². The highest BCUT2D eigenvalue weighted by Gasteiger charge is 2.24. The Balaban J connectivity index is 1.81. The van der Waals surface area contributed by atoms with Gasteiger partial charge in [0.25, 0.3) is 0 Å². The van der Waals surface area contributed by atoms with Crippen LogP contribution < -0.4 is 0 Å². The zero-order valence-electron chi connectivity index (χ0n) is 10.1. The maximum absolute atomic E-state index is 5.93. The van der Waals surface area contributed by atoms with E-state index in [1.165, 1.54) is 5.56 Å². The van der Waals surface area contributed by atoms with Crippen molar-refractivity contribution >= 4 is 0 Å². The highest BCUT2D eigenvalue weighted by Crippen LogP contribution is 2.22. The molecule has 0 radical (unpaired) electrons. The van der Waals surface area contributed by atoms with Gasteiger partial charge in [0.05, 0.1) is 24.9 Å². The normalized spacial score (nSPS) is 30.2. The molecule has 0 aromatic heterocycles. The molecule has 2 heteroatoms. The first kappa shape index (κ1) is 11.6. The highest BCUT2D eigenvalue weighted by atomic mass is 16.5. The smallest absolute Gasteiger partial charge is 0.0720 e. The molecule has 2 rings (SSSR count). The van der Waals surface area contributed by atoms with Gasteiger partial charge in [0.2, 0.25) is 0 Å². The molecule has 88 valence electrons. The monoisotopic (exact) mass is 220 g/mol. The summed E-state index contributed by atoms with van der Waals surface area (Å²) >= 11 is 0. The fraction of sp³-hybridized carbons (Fsp3) is 0.571. The minimum absolute atomic E-state index is 0.324. The van der Waals surface area contributed by atoms with E-state index < -0.39 is 0 Å². The van der Waals surface area contributed by atoms with Crippen molar-refractivity contribution in [1.82, 2.24) is 0 Å². The van der Waals surface area contributed by atoms with E-state index in [0.717, 1.165) is 12.8 Å². The van der Waals surface area contributed by atoms with Crippen LogP contribution in [0.2, 0.25) is 0 Å². The molecule has 0 bridgehead atoms. The first-order valence-electron chi connectivity index (χ1n) is 6.05. The van der Waals surface area contributed by atoms with E-state index in [0.29, 0.717) is 24.9 Å². The van der Waals surface area contributed by atoms with Crippen molar-refractivity contribution < 1.29 is 9.47 Å². The van der Waals surface area contributed by atoms with E-state index in [9.17, 15) is 0 Å². The Kier molecular flexibility index (Phi) is 3.97. The summed E-state index contributed by atoms with van der Waals surface area (Å²) in [7, 11) is 0. The van der Waals surface area contributed by atoms with Gasteiger partial charge in [-0.25, -0.2) is 0 Å². The summed E-state index contributed by atoms with van der Waals surface area (Å²) < 4.78 is 11.6. The number of hydrogen-bond donors (Lipinski definition) is 0. The molecule has 1 fully saturated rings. The molecule has 0 spiro atoms. The van der Waals surface area contributed by atoms with Crippen LogP contribution in [0.4, 0.5) is 0 Å². The molecule has 0 unspecified atom stereocenters. The number of benzene rings is 1. The van der Waals surface area contributed by atoms with Gasteiger partial charge in [0.1, 0.15) is 0 Å². The van der Waals surface area contributed by atoms with Gasteiger partial charge in [0, 0.05) is 0 Å². The van der Waals surface area contributed by atoms with Crippen molar-refractivity contribution in [2.45, 2.75) is 51.6 Å². The average Bonchev–Trinajstić information content (AvgIpc) is 2.27. The average molecular weight is 220 g/mol. The molecule has 2 nitrogen and oxygen atoms in total. The SMILES string of the molecule is C[C@@H]1CC(OCc2ccccc2)C[C@@H](C)O1. The second-order valence-electron chi connectivity index (χ2n) is 4.65. The second-order valence-corrected chi connectivity index (χ2v) is 4.65. The summed E-state index contributed by atoms with van der Waals surface area (Å²) in [4.78, 5) is 0. The summed E-state index contributed by atoms with van der Waals surface area (Å²) in [6.45, 7) is 4.95. The third-order valence-electron chi connectivity index (χ3n) is 2.98. The van der Waals surface area contributed by atoms with Crippen LogP contribution in [0.15, 0.2) is 30.3 Å². The molecule has 0 amide bonds. The van der Waals surface area contributed by atoms with Crippen LogP contribution in [0.3, 0.4) is 0 Å². The minimum atomic E-state index is 0.324. The van der Waals surface area contributed by atoms with E-state index in [-0.39, 0.29) is 0 Å². The number of hydrogen-bond acceptors (Lipinski definition) is 2. The van der Waals surface area contributed by atoms with Gasteiger partial charge in [-0.3, -0.25) is 0 Å². The van der Waals surface area contributed by atoms with Gasteiger partial charge in [-0.05, 0) is 32.3 Å². The third-order valence-corrected chi connectivity index (χ3v) is 2.98. The first-order chi connectivity index (χ1) is 7.74. The van der Waals surface area contributed by atoms with E-state index in [2.05, 4.69) is 26.0 Å². The second kappa shape index (κ2) is 5.46. The summed E-state index contributed by atoms with van der Waals surface area (Å²) in [5.74, 6) is 0. The lowest BCUT2D eigenvalue weighted by atomic mass is 10.0. The van der Waals surface area contributed by atoms with Crippen LogP contribution in [0.5, 0.6) is 0 Å². The topological polar surface area (TPSA) is 18.5 Å². The lowest BCUT2D eigenvalue weighted by Gasteiger charge is -2.32. The molecule has 0 aliphatic carbocycles. The molecular formula is C14H20O2. The molecule has 1 heterocycles. The van der Waals surface area contributed by atoms with Crippen molar-refractivity contribution in [3.8, 4) is 0 Å². The Morgan fingerprint density at radius 2 is 1.75 bits per heavy atom. The number of rotatable bonds is 3. The van der Waals surface area contributed by atoms with Crippen LogP contribution in [0.25, 0.3) is 0 Å². The predicted octanol–water partition coefficient (Wildman–Crippen LogP) is 3.16. The zero-order chi connectivity index (χ0) is 11.4. The molecular weight excluding hydrogens is 200 g/mol. The van der Waals surface area contributed by atoms with Gasteiger partial charge in [-0.15, -0.1) is 0 Å². The van der Waals surface area contributed by atoms with Crippen molar-refractivity contribution in [1.29, 1.82) is 0 Å². The molecule has 0 N–H and O–H groups in total. The molecule has 16 heavy (non-hydrogen) atoms. The quantitative estimate of drug-likeness (QED) is 0.779. The van der Waals surface area contributed by atoms with Crippen LogP contribution in [0, 0.1) is 0 Å². The summed E-state index contributed by atoms with van der Waals surface area (Å²) in [6.07, 6.45) is 3.02. The molecule has 1 aromatic rings. The third kappa shape index (κ3) is 3.32. The van der Waals surface area contributed by atoms with Crippen molar-refractivity contribution in [2.75, 3.05) is 0 Å². The largest absolute Gasteiger partial charge is 0.375 e. The lowest BCUT2D eigenvalue weighted by Crippen LogP contribution is -2.33. The molecule has 1 aromatic carbocycles. The summed E-state index contributed by atoms with van der Waals surface area (Å²) in [6, 6.07) is 10.3. The van der Waals surface area contributed by atoms with Gasteiger partial charge >= 0.3 is 0 Å². The number of ether oxygens (including phenoxy) is 2. The van der Waals surface area contributed by atoms with E-state index in [4.69, 9.17) is 9.47 Å². The fourth-order valence-corrected chi connectivity index (χ4v) is 2.27. The standard InChI is InChI=1S/C14H20O2/c1-11-8-14(9-12(2)16-11)15-10-13-6-4-3-5-7-13/h3-7,11-12,14H,8-10H2,1-2H3/t11-,12-/m1/s1. The van der Waals surface area contributed by atoms with Crippen LogP contribution in [-0.2, 0) is 16.1 Å². The Hall–Kier alpha value is -0.860. The van der Waals surface area contributed by atoms with Crippen molar-refractivity contribution in [2.24, 2.45) is 0 Å². The minimum Gasteiger partial charge on any atom is -0.375 e. The summed E-state index contributed by atoms with van der Waals surface area (Å²) in [5.41, 5.74) is 1.24. The Labute approximate surface area is 97.6 Å². The molecule has 2 atom stereocenters. The summed E-state index contributed by atoms with van der Waals surface area (Å²) in [5, 5.41) is 0. The van der Waals surface area contributed by atoms with Crippen molar-refractivity contribution in [3.05, 3.63) is 35.9 Å². The van der Waals surface area contributed by atoms with Crippen molar-refractivity contribution in [3.63, 3.8) is 0 Å². The van der Waals surface area contributed by atoms with Gasteiger partial charge < -0.3 is 9.47 Å². The van der Waals surface area contributed by atoms with Crippen LogP contribution in [0.1, 0.15) is 32.3 Å². The Morgan fingerprint density at radius 3 is 2.38 bits per heavy atom. The van der Waals surface area contributed by atoms with Gasteiger partial charge in [-0.1, -0.05) is 30.3 Å². The predicted molar refractivity (Wildman–Crippen MR) is 64.3 cm³/mol. The Bertz CT molecular complexity index is 300. The molecule has 1 aliphatic heterocycles. The van der Waals surface area contributed by atoms with Gasteiger partial charge in [0.15, 0.2) is 0 Å². The van der Waals surface area contributed by atoms with E-state index in [1.807, 2.05) is 18.2 Å². The maximum atomic E-state index is 5.93. The first-order valence-corrected chi connectivity index (χ1v) is 6.05. The highest BCUT2D eigenvalue weighted by molar-refractivity contribution is 5.13. The van der Waals surface area contributed by atoms with E-state index in [1.54, 1.807) is 0 Å². The molecule has 1 aliphatic rings. The zero-order valence-corrected chi connectivity index (χ0v) is 10.1. The maximum Gasteiger partial charge on any atom is 0.0720 e. The Morgan fingerprint density at radius 1 is 1.12 bits per heavy atom. The van der Waals surface area contributed by atoms with Crippen LogP contribution >= 0.6 is 0 Å². The van der Waals surface area contributed by atoms with Crippen LogP contribution in [-0.4, -0.2) is 18.3 Å². The van der Waals surface area contributed by atoms with Gasteiger partial charge in [-0.2, -0.15) is 0 Å². The molecule has 0 saturated carbocycles. The fourth-order valence-electron chi connectivity index (χ4n) is 2.27. The molecule has 1 saturated heterocycles.